The Labute approximate surface area is 215 Å². The van der Waals surface area contributed by atoms with Gasteiger partial charge in [-0.05, 0) is 63.0 Å². The van der Waals surface area contributed by atoms with Gasteiger partial charge in [-0.2, -0.15) is 0 Å². The maximum absolute atomic E-state index is 12.5. The fourth-order valence-corrected chi connectivity index (χ4v) is 4.70. The minimum absolute atomic E-state index is 0.0165. The first-order chi connectivity index (χ1) is 16.8. The molecule has 2 amide bonds. The quantitative estimate of drug-likeness (QED) is 0.293. The normalized spacial score (nSPS) is 12.9. The molecule has 0 radical (unpaired) electrons. The molecule has 0 unspecified atom stereocenters. The Kier molecular flexibility index (Phi) is 7.67. The van der Waals surface area contributed by atoms with Gasteiger partial charge in [0.2, 0.25) is 0 Å². The number of fused-ring (bicyclic) bond motifs is 3. The lowest BCUT2D eigenvalue weighted by atomic mass is 9.98. The minimum atomic E-state index is -1.53. The highest BCUT2D eigenvalue weighted by atomic mass is 127. The van der Waals surface area contributed by atoms with Crippen molar-refractivity contribution in [3.8, 4) is 11.1 Å². The van der Waals surface area contributed by atoms with Crippen LogP contribution in [0.4, 0.5) is 10.5 Å². The fourth-order valence-electron chi connectivity index (χ4n) is 4.05. The lowest BCUT2D eigenvalue weighted by molar-refractivity contribution is -0.146. The van der Waals surface area contributed by atoms with Crippen molar-refractivity contribution < 1.29 is 29.3 Å². The molecule has 180 valence electrons. The van der Waals surface area contributed by atoms with Gasteiger partial charge in [-0.3, -0.25) is 10.1 Å². The molecule has 4 N–H and O–H groups in total. The van der Waals surface area contributed by atoms with E-state index in [1.165, 1.54) is 0 Å². The predicted octanol–water partition coefficient (Wildman–Crippen LogP) is 4.22. The van der Waals surface area contributed by atoms with E-state index in [1.807, 2.05) is 46.9 Å². The number of rotatable bonds is 8. The maximum Gasteiger partial charge on any atom is 0.411 e. The van der Waals surface area contributed by atoms with Gasteiger partial charge in [0.1, 0.15) is 6.61 Å². The van der Waals surface area contributed by atoms with Crippen molar-refractivity contribution in [1.29, 1.82) is 0 Å². The first-order valence-electron chi connectivity index (χ1n) is 11.0. The molecule has 9 heteroatoms. The summed E-state index contributed by atoms with van der Waals surface area (Å²) in [6, 6.07) is 20.9. The summed E-state index contributed by atoms with van der Waals surface area (Å²) in [4.78, 5) is 35.5. The Morgan fingerprint density at radius 2 is 1.60 bits per heavy atom. The molecule has 0 fully saturated rings. The van der Waals surface area contributed by atoms with Crippen LogP contribution < -0.4 is 10.6 Å². The number of ether oxygens (including phenoxy) is 1. The van der Waals surface area contributed by atoms with Crippen LogP contribution in [-0.2, 0) is 9.53 Å². The zero-order valence-electron chi connectivity index (χ0n) is 18.5. The Morgan fingerprint density at radius 3 is 2.20 bits per heavy atom. The monoisotopic (exact) mass is 586 g/mol. The molecule has 3 aromatic carbocycles. The van der Waals surface area contributed by atoms with Crippen LogP contribution in [-0.4, -0.2) is 47.4 Å². The number of hydrogen-bond donors (Lipinski definition) is 4. The summed E-state index contributed by atoms with van der Waals surface area (Å²) >= 11 is 2.01. The van der Waals surface area contributed by atoms with E-state index in [0.29, 0.717) is 14.8 Å². The van der Waals surface area contributed by atoms with Gasteiger partial charge in [0.15, 0.2) is 6.10 Å². The second-order valence-corrected chi connectivity index (χ2v) is 9.21. The first kappa shape index (κ1) is 24.7. The molecule has 4 rings (SSSR count). The van der Waals surface area contributed by atoms with Crippen molar-refractivity contribution in [2.45, 2.75) is 18.4 Å². The minimum Gasteiger partial charge on any atom is -0.479 e. The molecule has 0 heterocycles. The number of amides is 2. The van der Waals surface area contributed by atoms with E-state index >= 15 is 0 Å². The molecule has 0 bridgehead atoms. The standard InChI is InChI=1S/C26H23IN2O6/c27-21-13-15(24(31)28-12-11-23(30)25(32)33)9-10-22(21)29-26(34)35-14-20-18-7-3-1-5-16(18)17-6-2-4-8-19(17)20/h1-10,13,20,23,30H,11-12,14H2,(H,28,31)(H,29,34)(H,32,33)/t23-/m0/s1. The van der Waals surface area contributed by atoms with Crippen LogP contribution in [0.15, 0.2) is 66.7 Å². The Hall–Kier alpha value is -3.44. The molecule has 1 aliphatic rings. The topological polar surface area (TPSA) is 125 Å². The van der Waals surface area contributed by atoms with Gasteiger partial charge in [0, 0.05) is 28.0 Å². The van der Waals surface area contributed by atoms with E-state index in [0.717, 1.165) is 22.3 Å². The van der Waals surface area contributed by atoms with E-state index < -0.39 is 24.1 Å². The van der Waals surface area contributed by atoms with Gasteiger partial charge in [0.05, 0.1) is 5.69 Å². The third-order valence-electron chi connectivity index (χ3n) is 5.80. The summed E-state index contributed by atoms with van der Waals surface area (Å²) in [5, 5.41) is 23.2. The number of carbonyl (C=O) groups is 3. The highest BCUT2D eigenvalue weighted by molar-refractivity contribution is 14.1. The molecule has 0 aromatic heterocycles. The molecular formula is C26H23IN2O6. The van der Waals surface area contributed by atoms with Crippen LogP contribution in [0.5, 0.6) is 0 Å². The number of benzene rings is 3. The van der Waals surface area contributed by atoms with Crippen molar-refractivity contribution in [3.63, 3.8) is 0 Å². The molecule has 8 nitrogen and oxygen atoms in total. The summed E-state index contributed by atoms with van der Waals surface area (Å²) in [5.41, 5.74) is 5.40. The van der Waals surface area contributed by atoms with Gasteiger partial charge in [-0.1, -0.05) is 48.5 Å². The molecular weight excluding hydrogens is 563 g/mol. The van der Waals surface area contributed by atoms with Crippen molar-refractivity contribution in [2.75, 3.05) is 18.5 Å². The lowest BCUT2D eigenvalue weighted by Crippen LogP contribution is -2.30. The number of anilines is 1. The summed E-state index contributed by atoms with van der Waals surface area (Å²) in [5.74, 6) is -1.79. The molecule has 1 atom stereocenters. The number of carbonyl (C=O) groups excluding carboxylic acids is 2. The number of carboxylic acid groups (broad SMARTS) is 1. The zero-order chi connectivity index (χ0) is 24.9. The van der Waals surface area contributed by atoms with Crippen LogP contribution in [0.1, 0.15) is 33.8 Å². The van der Waals surface area contributed by atoms with E-state index in [4.69, 9.17) is 9.84 Å². The summed E-state index contributed by atoms with van der Waals surface area (Å²) in [6.45, 7) is 0.210. The van der Waals surface area contributed by atoms with Crippen LogP contribution in [0, 0.1) is 3.57 Å². The molecule has 35 heavy (non-hydrogen) atoms. The SMILES string of the molecule is O=C(Nc1ccc(C(=O)NCC[C@H](O)C(=O)O)cc1I)OCC1c2ccccc2-c2ccccc21. The summed E-state index contributed by atoms with van der Waals surface area (Å²) < 4.78 is 6.20. The van der Waals surface area contributed by atoms with Crippen LogP contribution >= 0.6 is 22.6 Å². The average Bonchev–Trinajstić information content (AvgIpc) is 3.17. The third kappa shape index (κ3) is 5.63. The predicted molar refractivity (Wildman–Crippen MR) is 138 cm³/mol. The molecule has 0 saturated heterocycles. The second kappa shape index (κ2) is 10.9. The van der Waals surface area contributed by atoms with Gasteiger partial charge >= 0.3 is 12.1 Å². The number of aliphatic hydroxyl groups excluding tert-OH is 1. The maximum atomic E-state index is 12.5. The van der Waals surface area contributed by atoms with E-state index in [-0.39, 0.29) is 25.5 Å². The second-order valence-electron chi connectivity index (χ2n) is 8.04. The highest BCUT2D eigenvalue weighted by Gasteiger charge is 2.29. The zero-order valence-corrected chi connectivity index (χ0v) is 20.7. The van der Waals surface area contributed by atoms with E-state index in [1.54, 1.807) is 18.2 Å². The van der Waals surface area contributed by atoms with Gasteiger partial charge in [0.25, 0.3) is 5.91 Å². The molecule has 0 saturated carbocycles. The van der Waals surface area contributed by atoms with Gasteiger partial charge in [-0.15, -0.1) is 0 Å². The van der Waals surface area contributed by atoms with Crippen LogP contribution in [0.25, 0.3) is 11.1 Å². The highest BCUT2D eigenvalue weighted by Crippen LogP contribution is 2.44. The lowest BCUT2D eigenvalue weighted by Gasteiger charge is -2.15. The number of carboxylic acids is 1. The number of halogens is 1. The third-order valence-corrected chi connectivity index (χ3v) is 6.69. The van der Waals surface area contributed by atoms with Crippen molar-refractivity contribution in [3.05, 3.63) is 87.0 Å². The first-order valence-corrected chi connectivity index (χ1v) is 12.0. The van der Waals surface area contributed by atoms with E-state index in [2.05, 4.69) is 34.9 Å². The number of aliphatic hydroxyl groups is 1. The van der Waals surface area contributed by atoms with E-state index in [9.17, 15) is 19.5 Å². The summed E-state index contributed by atoms with van der Waals surface area (Å²) in [7, 11) is 0. The Morgan fingerprint density at radius 1 is 0.971 bits per heavy atom. The molecule has 3 aromatic rings. The molecule has 0 spiro atoms. The smallest absolute Gasteiger partial charge is 0.411 e. The van der Waals surface area contributed by atoms with Gasteiger partial charge in [-0.25, -0.2) is 9.59 Å². The number of aliphatic carboxylic acids is 1. The summed E-state index contributed by atoms with van der Waals surface area (Å²) in [6.07, 6.45) is -2.22. The molecule has 0 aliphatic heterocycles. The number of hydrogen-bond acceptors (Lipinski definition) is 5. The van der Waals surface area contributed by atoms with Crippen LogP contribution in [0.3, 0.4) is 0 Å². The van der Waals surface area contributed by atoms with Crippen molar-refractivity contribution in [1.82, 2.24) is 5.32 Å². The average molecular weight is 586 g/mol. The van der Waals surface area contributed by atoms with Crippen LogP contribution in [0.2, 0.25) is 0 Å². The van der Waals surface area contributed by atoms with Crippen molar-refractivity contribution >= 4 is 46.2 Å². The molecule has 1 aliphatic carbocycles. The Bertz CT molecular complexity index is 1230. The number of nitrogens with one attached hydrogen (secondary N) is 2. The van der Waals surface area contributed by atoms with Crippen molar-refractivity contribution in [2.24, 2.45) is 0 Å². The van der Waals surface area contributed by atoms with Gasteiger partial charge < -0.3 is 20.3 Å². The largest absolute Gasteiger partial charge is 0.479 e. The Balaban J connectivity index is 1.34. The fraction of sp³-hybridized carbons (Fsp3) is 0.192.